The molecule has 7 heteroatoms. The molecule has 1 fully saturated rings. The van der Waals surface area contributed by atoms with Crippen molar-refractivity contribution in [3.8, 4) is 0 Å². The molecule has 0 aromatic heterocycles. The number of hydrogen-bond acceptors (Lipinski definition) is 3. The molecule has 2 aliphatic rings. The lowest BCUT2D eigenvalue weighted by atomic mass is 9.93. The first kappa shape index (κ1) is 17.6. The number of carbonyl (C=O) groups is 1. The number of amides is 1. The molecule has 1 aromatic carbocycles. The predicted molar refractivity (Wildman–Crippen MR) is 96.0 cm³/mol. The van der Waals surface area contributed by atoms with E-state index in [0.29, 0.717) is 26.2 Å². The number of halogens is 1. The Morgan fingerprint density at radius 2 is 1.88 bits per heavy atom. The van der Waals surface area contributed by atoms with Gasteiger partial charge in [0.15, 0.2) is 0 Å². The molecular weight excluding hydrogens is 392 g/mol. The van der Waals surface area contributed by atoms with Crippen molar-refractivity contribution < 1.29 is 13.2 Å². The first-order chi connectivity index (χ1) is 11.5. The molecule has 1 aliphatic carbocycles. The highest BCUT2D eigenvalue weighted by Crippen LogP contribution is 2.24. The lowest BCUT2D eigenvalue weighted by Crippen LogP contribution is -2.51. The normalized spacial score (nSPS) is 22.5. The maximum atomic E-state index is 12.7. The van der Waals surface area contributed by atoms with Crippen molar-refractivity contribution in [1.82, 2.24) is 9.21 Å². The van der Waals surface area contributed by atoms with Crippen molar-refractivity contribution >= 4 is 31.9 Å². The van der Waals surface area contributed by atoms with E-state index in [1.54, 1.807) is 24.3 Å². The fraction of sp³-hybridized carbons (Fsp3) is 0.471. The Balaban J connectivity index is 1.64. The van der Waals surface area contributed by atoms with Crippen LogP contribution in [0.3, 0.4) is 0 Å². The summed E-state index contributed by atoms with van der Waals surface area (Å²) in [5.41, 5.74) is 0. The highest BCUT2D eigenvalue weighted by molar-refractivity contribution is 9.10. The predicted octanol–water partition coefficient (Wildman–Crippen LogP) is 2.64. The minimum Gasteiger partial charge on any atom is -0.340 e. The van der Waals surface area contributed by atoms with Gasteiger partial charge < -0.3 is 4.90 Å². The molecule has 0 radical (unpaired) electrons. The SMILES string of the molecule is O=C(C1CC=CCC1)N1CCN(S(=O)(=O)c2cccc(Br)c2)CC1. The van der Waals surface area contributed by atoms with Gasteiger partial charge in [0, 0.05) is 36.6 Å². The van der Waals surface area contributed by atoms with Crippen LogP contribution in [0.4, 0.5) is 0 Å². The van der Waals surface area contributed by atoms with E-state index in [4.69, 9.17) is 0 Å². The van der Waals surface area contributed by atoms with Crippen molar-refractivity contribution in [3.63, 3.8) is 0 Å². The summed E-state index contributed by atoms with van der Waals surface area (Å²) in [6.45, 7) is 1.63. The highest BCUT2D eigenvalue weighted by atomic mass is 79.9. The van der Waals surface area contributed by atoms with Crippen molar-refractivity contribution in [3.05, 3.63) is 40.9 Å². The fourth-order valence-electron chi connectivity index (χ4n) is 3.20. The van der Waals surface area contributed by atoms with Crippen molar-refractivity contribution in [2.45, 2.75) is 24.2 Å². The van der Waals surface area contributed by atoms with E-state index >= 15 is 0 Å². The molecule has 0 N–H and O–H groups in total. The van der Waals surface area contributed by atoms with Crippen LogP contribution >= 0.6 is 15.9 Å². The van der Waals surface area contributed by atoms with Gasteiger partial charge in [-0.1, -0.05) is 34.1 Å². The van der Waals surface area contributed by atoms with Gasteiger partial charge >= 0.3 is 0 Å². The van der Waals surface area contributed by atoms with Gasteiger partial charge in [-0.3, -0.25) is 4.79 Å². The minimum absolute atomic E-state index is 0.0586. The van der Waals surface area contributed by atoms with E-state index in [0.717, 1.165) is 23.7 Å². The number of sulfonamides is 1. The maximum absolute atomic E-state index is 12.7. The van der Waals surface area contributed by atoms with Crippen molar-refractivity contribution in [2.75, 3.05) is 26.2 Å². The molecule has 3 rings (SSSR count). The van der Waals surface area contributed by atoms with Crippen LogP contribution in [-0.2, 0) is 14.8 Å². The second-order valence-electron chi connectivity index (χ2n) is 6.17. The van der Waals surface area contributed by atoms with Gasteiger partial charge in [-0.15, -0.1) is 0 Å². The van der Waals surface area contributed by atoms with Crippen LogP contribution in [0.15, 0.2) is 45.8 Å². The third-order valence-electron chi connectivity index (χ3n) is 4.60. The third kappa shape index (κ3) is 3.73. The summed E-state index contributed by atoms with van der Waals surface area (Å²) >= 11 is 3.31. The average Bonchev–Trinajstić information content (AvgIpc) is 2.62. The zero-order valence-electron chi connectivity index (χ0n) is 13.4. The van der Waals surface area contributed by atoms with E-state index in [-0.39, 0.29) is 16.7 Å². The number of benzene rings is 1. The van der Waals surface area contributed by atoms with E-state index < -0.39 is 10.0 Å². The van der Waals surface area contributed by atoms with Crippen LogP contribution in [0.1, 0.15) is 19.3 Å². The number of piperazine rings is 1. The summed E-state index contributed by atoms with van der Waals surface area (Å²) in [6, 6.07) is 6.73. The largest absolute Gasteiger partial charge is 0.340 e. The Morgan fingerprint density at radius 3 is 2.50 bits per heavy atom. The zero-order valence-corrected chi connectivity index (χ0v) is 15.8. The zero-order chi connectivity index (χ0) is 17.2. The summed E-state index contributed by atoms with van der Waals surface area (Å²) in [5.74, 6) is 0.224. The van der Waals surface area contributed by atoms with Gasteiger partial charge in [-0.2, -0.15) is 4.31 Å². The standard InChI is InChI=1S/C17H21BrN2O3S/c18-15-7-4-8-16(13-15)24(22,23)20-11-9-19(10-12-20)17(21)14-5-2-1-3-6-14/h1-2,4,7-8,13-14H,3,5-6,9-12H2. The molecule has 1 unspecified atom stereocenters. The lowest BCUT2D eigenvalue weighted by Gasteiger charge is -2.36. The Hall–Kier alpha value is -1.18. The van der Waals surface area contributed by atoms with Crippen LogP contribution in [0, 0.1) is 5.92 Å². The number of rotatable bonds is 3. The molecule has 1 amide bonds. The highest BCUT2D eigenvalue weighted by Gasteiger charge is 2.32. The second kappa shape index (κ2) is 7.37. The number of carbonyl (C=O) groups excluding carboxylic acids is 1. The maximum Gasteiger partial charge on any atom is 0.243 e. The molecule has 0 saturated carbocycles. The number of nitrogens with zero attached hydrogens (tertiary/aromatic N) is 2. The minimum atomic E-state index is -3.50. The van der Waals surface area contributed by atoms with Gasteiger partial charge in [0.2, 0.25) is 15.9 Å². The van der Waals surface area contributed by atoms with Crippen LogP contribution in [-0.4, -0.2) is 49.7 Å². The number of allylic oxidation sites excluding steroid dienone is 2. The molecular formula is C17H21BrN2O3S. The smallest absolute Gasteiger partial charge is 0.243 e. The van der Waals surface area contributed by atoms with Crippen molar-refractivity contribution in [1.29, 1.82) is 0 Å². The molecule has 1 aromatic rings. The van der Waals surface area contributed by atoms with E-state index in [1.165, 1.54) is 4.31 Å². The molecule has 0 spiro atoms. The van der Waals surface area contributed by atoms with Gasteiger partial charge in [0.05, 0.1) is 4.90 Å². The van der Waals surface area contributed by atoms with Crippen LogP contribution in [0.2, 0.25) is 0 Å². The molecule has 1 atom stereocenters. The van der Waals surface area contributed by atoms with Gasteiger partial charge in [-0.25, -0.2) is 8.42 Å². The lowest BCUT2D eigenvalue weighted by molar-refractivity contribution is -0.137. The van der Waals surface area contributed by atoms with Crippen LogP contribution < -0.4 is 0 Å². The van der Waals surface area contributed by atoms with Crippen LogP contribution in [0.5, 0.6) is 0 Å². The molecule has 1 saturated heterocycles. The fourth-order valence-corrected chi connectivity index (χ4v) is 5.22. The summed E-state index contributed by atoms with van der Waals surface area (Å²) in [4.78, 5) is 14.6. The Morgan fingerprint density at radius 1 is 1.12 bits per heavy atom. The Kier molecular flexibility index (Phi) is 5.42. The summed E-state index contributed by atoms with van der Waals surface area (Å²) in [7, 11) is -3.50. The third-order valence-corrected chi connectivity index (χ3v) is 6.99. The van der Waals surface area contributed by atoms with Crippen molar-refractivity contribution in [2.24, 2.45) is 5.92 Å². The topological polar surface area (TPSA) is 57.7 Å². The second-order valence-corrected chi connectivity index (χ2v) is 9.02. The summed E-state index contributed by atoms with van der Waals surface area (Å²) in [6.07, 6.45) is 6.83. The summed E-state index contributed by atoms with van der Waals surface area (Å²) in [5, 5.41) is 0. The molecule has 1 heterocycles. The van der Waals surface area contributed by atoms with Gasteiger partial charge in [0.1, 0.15) is 0 Å². The van der Waals surface area contributed by atoms with E-state index in [2.05, 4.69) is 28.1 Å². The molecule has 130 valence electrons. The monoisotopic (exact) mass is 412 g/mol. The summed E-state index contributed by atoms with van der Waals surface area (Å²) < 4.78 is 27.6. The molecule has 1 aliphatic heterocycles. The Bertz CT molecular complexity index is 740. The average molecular weight is 413 g/mol. The van der Waals surface area contributed by atoms with Crippen LogP contribution in [0.25, 0.3) is 0 Å². The van der Waals surface area contributed by atoms with Gasteiger partial charge in [-0.05, 0) is 37.5 Å². The number of hydrogen-bond donors (Lipinski definition) is 0. The molecule has 24 heavy (non-hydrogen) atoms. The van der Waals surface area contributed by atoms with Gasteiger partial charge in [0.25, 0.3) is 0 Å². The van der Waals surface area contributed by atoms with E-state index in [1.807, 2.05) is 4.90 Å². The molecule has 0 bridgehead atoms. The first-order valence-corrected chi connectivity index (χ1v) is 10.4. The molecule has 5 nitrogen and oxygen atoms in total. The first-order valence-electron chi connectivity index (χ1n) is 8.18. The Labute approximate surface area is 151 Å². The van der Waals surface area contributed by atoms with E-state index in [9.17, 15) is 13.2 Å². The quantitative estimate of drug-likeness (QED) is 0.716.